The van der Waals surface area contributed by atoms with E-state index >= 15 is 0 Å². The molecule has 0 radical (unpaired) electrons. The van der Waals surface area contributed by atoms with Gasteiger partial charge in [0, 0.05) is 45.8 Å². The molecule has 1 aliphatic heterocycles. The van der Waals surface area contributed by atoms with Crippen LogP contribution in [0.3, 0.4) is 0 Å². The minimum absolute atomic E-state index is 0. The Hall–Kier alpha value is -0.860. The molecule has 0 amide bonds. The minimum atomic E-state index is 0. The van der Waals surface area contributed by atoms with Crippen LogP contribution in [0.4, 0.5) is 0 Å². The summed E-state index contributed by atoms with van der Waals surface area (Å²) in [6, 6.07) is 8.83. The molecule has 1 N–H and O–H groups in total. The van der Waals surface area contributed by atoms with Crippen LogP contribution in [-0.2, 0) is 22.4 Å². The van der Waals surface area contributed by atoms with Gasteiger partial charge in [0.05, 0.1) is 13.2 Å². The van der Waals surface area contributed by atoms with Crippen molar-refractivity contribution in [3.05, 3.63) is 35.4 Å². The third kappa shape index (κ3) is 9.25. The van der Waals surface area contributed by atoms with Gasteiger partial charge in [0.1, 0.15) is 0 Å². The first-order valence-electron chi connectivity index (χ1n) is 9.95. The van der Waals surface area contributed by atoms with Crippen molar-refractivity contribution in [2.45, 2.75) is 39.7 Å². The zero-order valence-electron chi connectivity index (χ0n) is 17.1. The average Bonchev–Trinajstić information content (AvgIpc) is 3.17. The summed E-state index contributed by atoms with van der Waals surface area (Å²) in [5.74, 6) is 1.54. The van der Waals surface area contributed by atoms with Crippen LogP contribution in [0.5, 0.6) is 0 Å². The summed E-state index contributed by atoms with van der Waals surface area (Å²) in [6.45, 7) is 10.1. The number of hydrogen-bond donors (Lipinski definition) is 1. The summed E-state index contributed by atoms with van der Waals surface area (Å²) in [4.78, 5) is 6.92. The van der Waals surface area contributed by atoms with Crippen molar-refractivity contribution in [2.24, 2.45) is 10.9 Å². The van der Waals surface area contributed by atoms with Crippen LogP contribution >= 0.6 is 24.0 Å². The van der Waals surface area contributed by atoms with Gasteiger partial charge in [-0.15, -0.1) is 24.0 Å². The Morgan fingerprint density at radius 1 is 1.26 bits per heavy atom. The molecule has 6 heteroatoms. The molecular weight excluding hydrogens is 453 g/mol. The van der Waals surface area contributed by atoms with Crippen LogP contribution in [0, 0.1) is 5.92 Å². The molecule has 0 aliphatic carbocycles. The quantitative estimate of drug-likeness (QED) is 0.236. The molecule has 1 atom stereocenters. The highest BCUT2D eigenvalue weighted by Gasteiger charge is 2.15. The van der Waals surface area contributed by atoms with Crippen molar-refractivity contribution < 1.29 is 9.47 Å². The standard InChI is InChI=1S/C21H35N3O2.HI/c1-4-18-7-9-19(10-8-18)15-24(3)21(22-5-2)23-12-6-13-25-16-20-11-14-26-17-20;/h7-10,20H,4-6,11-17H2,1-3H3,(H,22,23);1H. The molecule has 0 spiro atoms. The third-order valence-corrected chi connectivity index (χ3v) is 4.63. The minimum Gasteiger partial charge on any atom is -0.381 e. The Morgan fingerprint density at radius 2 is 2.00 bits per heavy atom. The number of nitrogens with one attached hydrogen (secondary N) is 1. The normalized spacial score (nSPS) is 16.9. The number of nitrogens with zero attached hydrogens (tertiary/aromatic N) is 2. The van der Waals surface area contributed by atoms with E-state index in [2.05, 4.69) is 55.4 Å². The number of ether oxygens (including phenoxy) is 2. The second-order valence-electron chi connectivity index (χ2n) is 6.92. The topological polar surface area (TPSA) is 46.1 Å². The van der Waals surface area contributed by atoms with Crippen LogP contribution in [0.25, 0.3) is 0 Å². The lowest BCUT2D eigenvalue weighted by Crippen LogP contribution is -2.38. The molecule has 1 heterocycles. The Kier molecular flexibility index (Phi) is 12.7. The van der Waals surface area contributed by atoms with Crippen LogP contribution < -0.4 is 5.32 Å². The summed E-state index contributed by atoms with van der Waals surface area (Å²) >= 11 is 0. The lowest BCUT2D eigenvalue weighted by molar-refractivity contribution is 0.0893. The van der Waals surface area contributed by atoms with Crippen molar-refractivity contribution in [2.75, 3.05) is 46.6 Å². The predicted octanol–water partition coefficient (Wildman–Crippen LogP) is 3.71. The summed E-state index contributed by atoms with van der Waals surface area (Å²) in [5, 5.41) is 3.38. The molecule has 5 nitrogen and oxygen atoms in total. The van der Waals surface area contributed by atoms with Crippen molar-refractivity contribution in [1.29, 1.82) is 0 Å². The number of benzene rings is 1. The maximum atomic E-state index is 5.75. The van der Waals surface area contributed by atoms with E-state index in [1.54, 1.807) is 0 Å². The van der Waals surface area contributed by atoms with Gasteiger partial charge in [0.2, 0.25) is 0 Å². The molecular formula is C21H36IN3O2. The van der Waals surface area contributed by atoms with Gasteiger partial charge >= 0.3 is 0 Å². The maximum absolute atomic E-state index is 5.75. The fraction of sp³-hybridized carbons (Fsp3) is 0.667. The Morgan fingerprint density at radius 3 is 2.63 bits per heavy atom. The fourth-order valence-electron chi connectivity index (χ4n) is 3.02. The molecule has 1 aromatic rings. The van der Waals surface area contributed by atoms with E-state index in [-0.39, 0.29) is 24.0 Å². The molecule has 1 saturated heterocycles. The highest BCUT2D eigenvalue weighted by atomic mass is 127. The third-order valence-electron chi connectivity index (χ3n) is 4.63. The van der Waals surface area contributed by atoms with Gasteiger partial charge in [-0.05, 0) is 37.3 Å². The van der Waals surface area contributed by atoms with E-state index in [1.165, 1.54) is 11.1 Å². The second-order valence-corrected chi connectivity index (χ2v) is 6.92. The summed E-state index contributed by atoms with van der Waals surface area (Å²) in [5.41, 5.74) is 2.68. The molecule has 0 aromatic heterocycles. The van der Waals surface area contributed by atoms with Gasteiger partial charge in [0.15, 0.2) is 5.96 Å². The van der Waals surface area contributed by atoms with Crippen molar-refractivity contribution in [1.82, 2.24) is 10.2 Å². The predicted molar refractivity (Wildman–Crippen MR) is 123 cm³/mol. The van der Waals surface area contributed by atoms with Gasteiger partial charge in [-0.1, -0.05) is 31.2 Å². The molecule has 1 fully saturated rings. The summed E-state index contributed by atoms with van der Waals surface area (Å²) in [7, 11) is 2.09. The SMILES string of the molecule is CCNC(=NCCCOCC1CCOC1)N(C)Cc1ccc(CC)cc1.I. The van der Waals surface area contributed by atoms with E-state index in [9.17, 15) is 0 Å². The number of guanidine groups is 1. The molecule has 1 aliphatic rings. The zero-order chi connectivity index (χ0) is 18.6. The smallest absolute Gasteiger partial charge is 0.193 e. The molecule has 1 unspecified atom stereocenters. The average molecular weight is 489 g/mol. The number of rotatable bonds is 10. The summed E-state index contributed by atoms with van der Waals surface area (Å²) in [6.07, 6.45) is 3.16. The lowest BCUT2D eigenvalue weighted by Gasteiger charge is -2.22. The highest BCUT2D eigenvalue weighted by molar-refractivity contribution is 14.0. The van der Waals surface area contributed by atoms with Crippen LogP contribution in [0.15, 0.2) is 29.3 Å². The molecule has 1 aromatic carbocycles. The maximum Gasteiger partial charge on any atom is 0.193 e. The Bertz CT molecular complexity index is 531. The Balaban J connectivity index is 0.00000364. The molecule has 154 valence electrons. The van der Waals surface area contributed by atoms with Crippen LogP contribution in [-0.4, -0.2) is 57.4 Å². The van der Waals surface area contributed by atoms with Gasteiger partial charge in [0.25, 0.3) is 0 Å². The number of aryl methyl sites for hydroxylation is 1. The van der Waals surface area contributed by atoms with Crippen LogP contribution in [0.1, 0.15) is 37.8 Å². The molecule has 0 bridgehead atoms. The summed E-state index contributed by atoms with van der Waals surface area (Å²) < 4.78 is 11.1. The zero-order valence-corrected chi connectivity index (χ0v) is 19.4. The first-order chi connectivity index (χ1) is 12.7. The van der Waals surface area contributed by atoms with Gasteiger partial charge in [-0.25, -0.2) is 0 Å². The van der Waals surface area contributed by atoms with E-state index in [0.717, 1.165) is 71.3 Å². The molecule has 2 rings (SSSR count). The highest BCUT2D eigenvalue weighted by Crippen LogP contribution is 2.12. The van der Waals surface area contributed by atoms with E-state index < -0.39 is 0 Å². The molecule has 27 heavy (non-hydrogen) atoms. The Labute approximate surface area is 181 Å². The van der Waals surface area contributed by atoms with E-state index in [0.29, 0.717) is 5.92 Å². The first kappa shape index (κ1) is 24.2. The van der Waals surface area contributed by atoms with E-state index in [4.69, 9.17) is 14.5 Å². The van der Waals surface area contributed by atoms with Gasteiger partial charge in [-0.2, -0.15) is 0 Å². The van der Waals surface area contributed by atoms with Crippen molar-refractivity contribution >= 4 is 29.9 Å². The number of hydrogen-bond acceptors (Lipinski definition) is 3. The molecule has 0 saturated carbocycles. The largest absolute Gasteiger partial charge is 0.381 e. The van der Waals surface area contributed by atoms with Crippen molar-refractivity contribution in [3.8, 4) is 0 Å². The number of halogens is 1. The van der Waals surface area contributed by atoms with Crippen LogP contribution in [0.2, 0.25) is 0 Å². The first-order valence-corrected chi connectivity index (χ1v) is 9.95. The lowest BCUT2D eigenvalue weighted by atomic mass is 10.1. The monoisotopic (exact) mass is 489 g/mol. The number of aliphatic imine (C=N–C) groups is 1. The van der Waals surface area contributed by atoms with Gasteiger partial charge < -0.3 is 19.7 Å². The fourth-order valence-corrected chi connectivity index (χ4v) is 3.02. The van der Waals surface area contributed by atoms with E-state index in [1.807, 2.05) is 0 Å². The second kappa shape index (κ2) is 14.2. The van der Waals surface area contributed by atoms with Gasteiger partial charge in [-0.3, -0.25) is 4.99 Å². The van der Waals surface area contributed by atoms with Crippen molar-refractivity contribution in [3.63, 3.8) is 0 Å².